The summed E-state index contributed by atoms with van der Waals surface area (Å²) in [5.74, 6) is -0.576. The highest BCUT2D eigenvalue weighted by Crippen LogP contribution is 2.40. The number of nitrogens with one attached hydrogen (secondary N) is 1. The van der Waals surface area contributed by atoms with Crippen molar-refractivity contribution in [2.45, 2.75) is 25.3 Å². The number of aryl methyl sites for hydroxylation is 1. The van der Waals surface area contributed by atoms with Crippen molar-refractivity contribution in [2.24, 2.45) is 0 Å². The second-order valence-electron chi connectivity index (χ2n) is 7.59. The molecule has 0 bridgehead atoms. The van der Waals surface area contributed by atoms with Gasteiger partial charge in [0.25, 0.3) is 0 Å². The van der Waals surface area contributed by atoms with E-state index in [-0.39, 0.29) is 12.3 Å². The molecule has 0 atom stereocenters. The van der Waals surface area contributed by atoms with Crippen LogP contribution in [0.4, 0.5) is 11.4 Å². The number of benzene rings is 2. The summed E-state index contributed by atoms with van der Waals surface area (Å²) < 4.78 is 23.4. The number of likely N-dealkylation sites (tertiary alicyclic amines) is 1. The van der Waals surface area contributed by atoms with Crippen molar-refractivity contribution in [3.63, 3.8) is 0 Å². The number of nitrogens with zero attached hydrogens (tertiary/aromatic N) is 2. The van der Waals surface area contributed by atoms with Gasteiger partial charge < -0.3 is 15.1 Å². The Bertz CT molecular complexity index is 1110. The van der Waals surface area contributed by atoms with E-state index in [2.05, 4.69) is 11.9 Å². The first-order valence-electron chi connectivity index (χ1n) is 11.0. The molecule has 2 aromatic carbocycles. The molecule has 2 aliphatic heterocycles. The van der Waals surface area contributed by atoms with Crippen LogP contribution in [0.25, 0.3) is 0 Å². The largest absolute Gasteiger partial charge is 0.372 e. The Hall–Kier alpha value is -2.79. The van der Waals surface area contributed by atoms with Gasteiger partial charge in [-0.25, -0.2) is 0 Å². The monoisotopic (exact) mass is 412 g/mol. The fraction of sp³-hybridized carbons (Fsp3) is 0.304. The van der Waals surface area contributed by atoms with E-state index in [0.29, 0.717) is 35.9 Å². The molecular weight excluding hydrogens is 386 g/mol. The van der Waals surface area contributed by atoms with Crippen LogP contribution in [0.3, 0.4) is 0 Å². The van der Waals surface area contributed by atoms with Gasteiger partial charge in [0.05, 0.1) is 18.6 Å². The SMILES string of the molecule is [2H]C([2H])([2H])N1C(=O)CCc2ccc(NC3(c4cccc(Cl)c4C)CN(C(=O)C=C)C3)cc21. The molecule has 0 spiro atoms. The fourth-order valence-electron chi connectivity index (χ4n) is 4.16. The van der Waals surface area contributed by atoms with Crippen LogP contribution in [0.5, 0.6) is 0 Å². The summed E-state index contributed by atoms with van der Waals surface area (Å²) in [7, 11) is 0. The van der Waals surface area contributed by atoms with E-state index in [0.717, 1.165) is 21.6 Å². The number of rotatable bonds is 4. The first kappa shape index (κ1) is 16.1. The van der Waals surface area contributed by atoms with Crippen LogP contribution >= 0.6 is 11.6 Å². The second-order valence-corrected chi connectivity index (χ2v) is 8.00. The minimum Gasteiger partial charge on any atom is -0.372 e. The fourth-order valence-corrected chi connectivity index (χ4v) is 4.33. The molecule has 5 nitrogen and oxygen atoms in total. The molecule has 1 N–H and O–H groups in total. The molecule has 0 radical (unpaired) electrons. The van der Waals surface area contributed by atoms with Crippen molar-refractivity contribution < 1.29 is 13.7 Å². The van der Waals surface area contributed by atoms with Crippen LogP contribution in [0, 0.1) is 6.92 Å². The molecule has 150 valence electrons. The predicted octanol–water partition coefficient (Wildman–Crippen LogP) is 3.89. The van der Waals surface area contributed by atoms with Crippen LogP contribution in [0.2, 0.25) is 5.02 Å². The normalized spacial score (nSPS) is 19.4. The molecule has 2 aromatic rings. The molecule has 6 heteroatoms. The van der Waals surface area contributed by atoms with E-state index in [1.54, 1.807) is 11.0 Å². The lowest BCUT2D eigenvalue weighted by Crippen LogP contribution is -2.65. The highest BCUT2D eigenvalue weighted by Gasteiger charge is 2.47. The number of hydrogen-bond acceptors (Lipinski definition) is 3. The summed E-state index contributed by atoms with van der Waals surface area (Å²) in [6, 6.07) is 11.1. The number of hydrogen-bond donors (Lipinski definition) is 1. The molecule has 1 saturated heterocycles. The van der Waals surface area contributed by atoms with Gasteiger partial charge in [0.2, 0.25) is 11.8 Å². The molecule has 29 heavy (non-hydrogen) atoms. The molecule has 1 fully saturated rings. The Morgan fingerprint density at radius 3 is 2.83 bits per heavy atom. The predicted molar refractivity (Wildman–Crippen MR) is 116 cm³/mol. The zero-order chi connectivity index (χ0) is 23.3. The van der Waals surface area contributed by atoms with Crippen LogP contribution in [-0.4, -0.2) is 36.8 Å². The third-order valence-corrected chi connectivity index (χ3v) is 6.17. The summed E-state index contributed by atoms with van der Waals surface area (Å²) in [5, 5.41) is 4.14. The van der Waals surface area contributed by atoms with Gasteiger partial charge >= 0.3 is 0 Å². The Morgan fingerprint density at radius 2 is 2.10 bits per heavy atom. The zero-order valence-corrected chi connectivity index (χ0v) is 16.9. The minimum atomic E-state index is -2.56. The van der Waals surface area contributed by atoms with Gasteiger partial charge in [-0.15, -0.1) is 0 Å². The summed E-state index contributed by atoms with van der Waals surface area (Å²) in [6.07, 6.45) is 1.96. The van der Waals surface area contributed by atoms with Gasteiger partial charge in [-0.1, -0.05) is 36.4 Å². The van der Waals surface area contributed by atoms with E-state index in [9.17, 15) is 9.59 Å². The third-order valence-electron chi connectivity index (χ3n) is 5.76. The summed E-state index contributed by atoms with van der Waals surface area (Å²) in [6.45, 7) is 3.74. The first-order valence-corrected chi connectivity index (χ1v) is 9.85. The maximum atomic E-state index is 12.4. The van der Waals surface area contributed by atoms with Crippen LogP contribution in [0.1, 0.15) is 27.2 Å². The number of anilines is 2. The van der Waals surface area contributed by atoms with Crippen molar-refractivity contribution in [1.82, 2.24) is 4.90 Å². The number of halogens is 1. The number of carbonyl (C=O) groups excluding carboxylic acids is 2. The van der Waals surface area contributed by atoms with Crippen LogP contribution < -0.4 is 10.2 Å². The maximum absolute atomic E-state index is 12.4. The molecule has 2 heterocycles. The second kappa shape index (κ2) is 7.23. The highest BCUT2D eigenvalue weighted by molar-refractivity contribution is 6.31. The lowest BCUT2D eigenvalue weighted by Gasteiger charge is -2.51. The quantitative estimate of drug-likeness (QED) is 0.775. The Morgan fingerprint density at radius 1 is 1.31 bits per heavy atom. The average molecular weight is 413 g/mol. The summed E-state index contributed by atoms with van der Waals surface area (Å²) >= 11 is 6.38. The molecule has 0 saturated carbocycles. The maximum Gasteiger partial charge on any atom is 0.246 e. The third kappa shape index (κ3) is 3.29. The highest BCUT2D eigenvalue weighted by atomic mass is 35.5. The van der Waals surface area contributed by atoms with Crippen molar-refractivity contribution >= 4 is 34.8 Å². The molecule has 4 rings (SSSR count). The van der Waals surface area contributed by atoms with Gasteiger partial charge in [0, 0.05) is 33.9 Å². The number of fused-ring (bicyclic) bond motifs is 1. The first-order chi connectivity index (χ1) is 15.1. The van der Waals surface area contributed by atoms with Gasteiger partial charge in [-0.2, -0.15) is 0 Å². The zero-order valence-electron chi connectivity index (χ0n) is 19.2. The Balaban J connectivity index is 1.74. The Labute approximate surface area is 180 Å². The molecular formula is C23H24ClN3O2. The van der Waals surface area contributed by atoms with E-state index in [4.69, 9.17) is 15.7 Å². The summed E-state index contributed by atoms with van der Waals surface area (Å²) in [5.41, 5.74) is 3.13. The van der Waals surface area contributed by atoms with Gasteiger partial charge in [-0.05, 0) is 54.3 Å². The van der Waals surface area contributed by atoms with Gasteiger partial charge in [0.1, 0.15) is 0 Å². The van der Waals surface area contributed by atoms with Gasteiger partial charge in [0.15, 0.2) is 0 Å². The van der Waals surface area contributed by atoms with E-state index < -0.39 is 18.4 Å². The number of carbonyl (C=O) groups is 2. The molecule has 2 aliphatic rings. The molecule has 0 aromatic heterocycles. The van der Waals surface area contributed by atoms with Crippen molar-refractivity contribution in [2.75, 3.05) is 30.3 Å². The molecule has 0 unspecified atom stereocenters. The van der Waals surface area contributed by atoms with Gasteiger partial charge in [-0.3, -0.25) is 9.59 Å². The van der Waals surface area contributed by atoms with Crippen molar-refractivity contribution in [1.29, 1.82) is 0 Å². The van der Waals surface area contributed by atoms with E-state index in [1.165, 1.54) is 6.08 Å². The standard InChI is InChI=1S/C23H24ClN3O2/c1-4-21(28)27-13-23(14-27,18-6-5-7-19(24)15(18)2)25-17-10-8-16-9-11-22(29)26(3)20(16)12-17/h4-8,10,12,25H,1,9,11,13-14H2,2-3H3/i3D3. The molecule has 2 amide bonds. The number of amides is 2. The molecule has 0 aliphatic carbocycles. The minimum absolute atomic E-state index is 0.160. The van der Waals surface area contributed by atoms with Crippen LogP contribution in [-0.2, 0) is 21.5 Å². The topological polar surface area (TPSA) is 52.7 Å². The van der Waals surface area contributed by atoms with Crippen molar-refractivity contribution in [3.05, 3.63) is 70.8 Å². The Kier molecular flexibility index (Phi) is 4.00. The van der Waals surface area contributed by atoms with Crippen LogP contribution in [0.15, 0.2) is 49.1 Å². The lowest BCUT2D eigenvalue weighted by atomic mass is 9.79. The smallest absolute Gasteiger partial charge is 0.246 e. The van der Waals surface area contributed by atoms with Crippen molar-refractivity contribution in [3.8, 4) is 0 Å². The van der Waals surface area contributed by atoms with E-state index >= 15 is 0 Å². The summed E-state index contributed by atoms with van der Waals surface area (Å²) in [4.78, 5) is 27.1. The lowest BCUT2D eigenvalue weighted by molar-refractivity contribution is -0.132. The average Bonchev–Trinajstić information content (AvgIpc) is 2.70. The van der Waals surface area contributed by atoms with E-state index in [1.807, 2.05) is 37.3 Å².